The number of carboxylic acid groups (broad SMARTS) is 1. The first kappa shape index (κ1) is 21.7. The van der Waals surface area contributed by atoms with E-state index in [4.69, 9.17) is 0 Å². The van der Waals surface area contributed by atoms with Crippen LogP contribution in [0.5, 0.6) is 0 Å². The third-order valence-electron chi connectivity index (χ3n) is 5.56. The predicted octanol–water partition coefficient (Wildman–Crippen LogP) is 2.83. The Kier molecular flexibility index (Phi) is 4.59. The predicted molar refractivity (Wildman–Crippen MR) is 103 cm³/mol. The van der Waals surface area contributed by atoms with Gasteiger partial charge in [0.15, 0.2) is 0 Å². The minimum absolute atomic E-state index is 0.116. The number of anilines is 2. The molecular formula is C19H14F3N3O6S. The summed E-state index contributed by atoms with van der Waals surface area (Å²) in [7, 11) is -5.59. The molecule has 2 aromatic rings. The quantitative estimate of drug-likeness (QED) is 0.683. The molecule has 0 bridgehead atoms. The van der Waals surface area contributed by atoms with Crippen molar-refractivity contribution < 1.29 is 41.1 Å². The molecule has 0 radical (unpaired) electrons. The van der Waals surface area contributed by atoms with E-state index in [0.29, 0.717) is 18.6 Å². The van der Waals surface area contributed by atoms with Gasteiger partial charge in [0.1, 0.15) is 11.2 Å². The Morgan fingerprint density at radius 3 is 2.25 bits per heavy atom. The first-order valence-corrected chi connectivity index (χ1v) is 10.6. The summed E-state index contributed by atoms with van der Waals surface area (Å²) in [6.07, 6.45) is 1.47. The number of hydrogen-bond donors (Lipinski definition) is 1. The maximum Gasteiger partial charge on any atom is 0.501 e. The number of rotatable bonds is 4. The molecule has 1 aliphatic carbocycles. The van der Waals surface area contributed by atoms with Crippen molar-refractivity contribution >= 4 is 39.1 Å². The fourth-order valence-electron chi connectivity index (χ4n) is 3.82. The fourth-order valence-corrected chi connectivity index (χ4v) is 4.58. The van der Waals surface area contributed by atoms with Crippen molar-refractivity contribution in [3.63, 3.8) is 0 Å². The number of urea groups is 1. The molecule has 1 N–H and O–H groups in total. The number of pyridine rings is 1. The van der Waals surface area contributed by atoms with E-state index in [1.165, 1.54) is 12.3 Å². The van der Waals surface area contributed by atoms with Gasteiger partial charge in [-0.25, -0.2) is 27.9 Å². The summed E-state index contributed by atoms with van der Waals surface area (Å²) in [6.45, 7) is 1.72. The van der Waals surface area contributed by atoms with Gasteiger partial charge in [-0.3, -0.25) is 9.69 Å². The zero-order valence-electron chi connectivity index (χ0n) is 16.2. The second kappa shape index (κ2) is 6.76. The van der Waals surface area contributed by atoms with E-state index in [2.05, 4.69) is 4.98 Å². The summed E-state index contributed by atoms with van der Waals surface area (Å²) < 4.78 is 61.4. The van der Waals surface area contributed by atoms with Gasteiger partial charge in [0.05, 0.1) is 16.3 Å². The van der Waals surface area contributed by atoms with Gasteiger partial charge >= 0.3 is 17.5 Å². The van der Waals surface area contributed by atoms with Crippen LogP contribution < -0.4 is 9.80 Å². The number of sulfone groups is 1. The first-order valence-electron chi connectivity index (χ1n) is 9.12. The molecule has 2 heterocycles. The zero-order chi connectivity index (χ0) is 23.6. The highest BCUT2D eigenvalue weighted by atomic mass is 32.2. The zero-order valence-corrected chi connectivity index (χ0v) is 17.0. The van der Waals surface area contributed by atoms with Crippen LogP contribution in [-0.2, 0) is 14.6 Å². The molecule has 2 aliphatic rings. The first-order chi connectivity index (χ1) is 14.8. The van der Waals surface area contributed by atoms with Gasteiger partial charge in [-0.15, -0.1) is 0 Å². The van der Waals surface area contributed by atoms with Gasteiger partial charge < -0.3 is 5.11 Å². The summed E-state index contributed by atoms with van der Waals surface area (Å²) in [4.78, 5) is 42.2. The molecule has 32 heavy (non-hydrogen) atoms. The number of halogens is 3. The van der Waals surface area contributed by atoms with E-state index in [9.17, 15) is 41.1 Å². The summed E-state index contributed by atoms with van der Waals surface area (Å²) in [5.41, 5.74) is -7.11. The molecule has 1 saturated carbocycles. The standard InChI is InChI=1S/C19H14F3N3O6S/c1-10-9-18(10)16(28)24(11-2-4-13(5-3-11)32(30,31)19(20,21)22)17(29)25(18)12-6-7-23-14(8-12)15(26)27/h2-8,10H,9H2,1H3,(H,26,27). The van der Waals surface area contributed by atoms with Crippen LogP contribution in [0.1, 0.15) is 23.8 Å². The second-order valence-electron chi connectivity index (χ2n) is 7.44. The monoisotopic (exact) mass is 469 g/mol. The third-order valence-corrected chi connectivity index (χ3v) is 7.06. The topological polar surface area (TPSA) is 125 Å². The highest BCUT2D eigenvalue weighted by Crippen LogP contribution is 2.55. The summed E-state index contributed by atoms with van der Waals surface area (Å²) >= 11 is 0. The van der Waals surface area contributed by atoms with Gasteiger partial charge in [0.2, 0.25) is 0 Å². The Bertz CT molecular complexity index is 1260. The molecule has 2 fully saturated rings. The molecule has 1 saturated heterocycles. The van der Waals surface area contributed by atoms with E-state index >= 15 is 0 Å². The third kappa shape index (κ3) is 2.95. The number of hydrogen-bond acceptors (Lipinski definition) is 6. The average molecular weight is 469 g/mol. The van der Waals surface area contributed by atoms with Gasteiger partial charge in [0, 0.05) is 6.20 Å². The second-order valence-corrected chi connectivity index (χ2v) is 9.38. The minimum atomic E-state index is -5.59. The Balaban J connectivity index is 1.75. The van der Waals surface area contributed by atoms with Crippen molar-refractivity contribution in [2.75, 3.05) is 9.80 Å². The number of aromatic carboxylic acids is 1. The number of alkyl halides is 3. The Labute approximate surface area is 179 Å². The number of nitrogens with zero attached hydrogens (tertiary/aromatic N) is 3. The summed E-state index contributed by atoms with van der Waals surface area (Å²) in [5, 5.41) is 9.17. The molecular weight excluding hydrogens is 455 g/mol. The molecule has 3 amide bonds. The molecule has 1 spiro atoms. The molecule has 13 heteroatoms. The van der Waals surface area contributed by atoms with Crippen LogP contribution in [0.15, 0.2) is 47.5 Å². The molecule has 9 nitrogen and oxygen atoms in total. The van der Waals surface area contributed by atoms with E-state index in [0.717, 1.165) is 28.0 Å². The number of carbonyl (C=O) groups is 3. The van der Waals surface area contributed by atoms with E-state index in [1.54, 1.807) is 6.92 Å². The molecule has 1 aromatic heterocycles. The van der Waals surface area contributed by atoms with Crippen LogP contribution in [0.25, 0.3) is 0 Å². The maximum atomic E-state index is 13.2. The Hall–Kier alpha value is -3.48. The minimum Gasteiger partial charge on any atom is -0.477 e. The van der Waals surface area contributed by atoms with E-state index < -0.39 is 43.7 Å². The molecule has 1 aliphatic heterocycles. The van der Waals surface area contributed by atoms with Crippen molar-refractivity contribution in [2.45, 2.75) is 29.3 Å². The number of aromatic nitrogens is 1. The van der Waals surface area contributed by atoms with Crippen molar-refractivity contribution in [1.29, 1.82) is 0 Å². The number of benzene rings is 1. The van der Waals surface area contributed by atoms with Crippen LogP contribution in [0.4, 0.5) is 29.3 Å². The Morgan fingerprint density at radius 1 is 1.16 bits per heavy atom. The largest absolute Gasteiger partial charge is 0.501 e. The van der Waals surface area contributed by atoms with Gasteiger partial charge in [-0.1, -0.05) is 6.92 Å². The lowest BCUT2D eigenvalue weighted by Crippen LogP contribution is -2.39. The van der Waals surface area contributed by atoms with Crippen LogP contribution >= 0.6 is 0 Å². The number of carboxylic acids is 1. The van der Waals surface area contributed by atoms with Crippen molar-refractivity contribution in [3.8, 4) is 0 Å². The van der Waals surface area contributed by atoms with Crippen molar-refractivity contribution in [1.82, 2.24) is 4.98 Å². The van der Waals surface area contributed by atoms with Gasteiger partial charge in [0.25, 0.3) is 15.7 Å². The average Bonchev–Trinajstić information content (AvgIpc) is 3.33. The number of carbonyl (C=O) groups excluding carboxylic acids is 2. The van der Waals surface area contributed by atoms with Crippen molar-refractivity contribution in [3.05, 3.63) is 48.3 Å². The molecule has 4 rings (SSSR count). The van der Waals surface area contributed by atoms with Crippen LogP contribution in [0.2, 0.25) is 0 Å². The number of amides is 3. The molecule has 2 unspecified atom stereocenters. The lowest BCUT2D eigenvalue weighted by atomic mass is 10.1. The molecule has 1 aromatic carbocycles. The molecule has 2 atom stereocenters. The highest BCUT2D eigenvalue weighted by molar-refractivity contribution is 7.92. The van der Waals surface area contributed by atoms with Crippen LogP contribution in [0.3, 0.4) is 0 Å². The lowest BCUT2D eigenvalue weighted by Gasteiger charge is -2.22. The van der Waals surface area contributed by atoms with Crippen molar-refractivity contribution in [2.24, 2.45) is 5.92 Å². The normalized spacial score (nSPS) is 23.2. The molecule has 168 valence electrons. The van der Waals surface area contributed by atoms with Gasteiger partial charge in [-0.05, 0) is 48.7 Å². The maximum absolute atomic E-state index is 13.2. The highest BCUT2D eigenvalue weighted by Gasteiger charge is 2.70. The lowest BCUT2D eigenvalue weighted by molar-refractivity contribution is -0.119. The van der Waals surface area contributed by atoms with E-state index in [-0.39, 0.29) is 23.0 Å². The van der Waals surface area contributed by atoms with Crippen LogP contribution in [0, 0.1) is 5.92 Å². The van der Waals surface area contributed by atoms with Gasteiger partial charge in [-0.2, -0.15) is 13.2 Å². The van der Waals surface area contributed by atoms with Crippen LogP contribution in [-0.4, -0.2) is 47.5 Å². The summed E-state index contributed by atoms with van der Waals surface area (Å²) in [6, 6.07) is 4.88. The van der Waals surface area contributed by atoms with E-state index in [1.807, 2.05) is 0 Å². The fraction of sp³-hybridized carbons (Fsp3) is 0.263. The summed E-state index contributed by atoms with van der Waals surface area (Å²) in [5.74, 6) is -2.24. The SMILES string of the molecule is CC1CC12C(=O)N(c1ccc(S(=O)(=O)C(F)(F)F)cc1)C(=O)N2c1ccnc(C(=O)O)c1. The smallest absolute Gasteiger partial charge is 0.477 e. The Morgan fingerprint density at radius 2 is 1.75 bits per heavy atom. The number of imide groups is 1.